The molecule has 0 radical (unpaired) electrons. The number of halogens is 2. The summed E-state index contributed by atoms with van der Waals surface area (Å²) in [6.45, 7) is 2.78. The van der Waals surface area contributed by atoms with Crippen LogP contribution in [0.5, 0.6) is 0 Å². The summed E-state index contributed by atoms with van der Waals surface area (Å²) < 4.78 is 50.8. The molecule has 1 aromatic carbocycles. The molecule has 8 heteroatoms. The van der Waals surface area contributed by atoms with Crippen molar-refractivity contribution in [2.45, 2.75) is 32.1 Å². The van der Waals surface area contributed by atoms with Gasteiger partial charge in [0.15, 0.2) is 0 Å². The Morgan fingerprint density at radius 3 is 2.43 bits per heavy atom. The van der Waals surface area contributed by atoms with E-state index in [-0.39, 0.29) is 11.1 Å². The monoisotopic (exact) mass is 320 g/mol. The van der Waals surface area contributed by atoms with Gasteiger partial charge in [0, 0.05) is 11.6 Å². The topological polar surface area (TPSA) is 80.5 Å². The molecule has 0 saturated carbocycles. The Kier molecular flexibility index (Phi) is 5.79. The summed E-state index contributed by atoms with van der Waals surface area (Å²) in [7, 11) is -3.82. The number of alkyl halides is 2. The van der Waals surface area contributed by atoms with Crippen LogP contribution in [0.4, 0.5) is 8.78 Å². The minimum absolute atomic E-state index is 0.239. The SMILES string of the molecule is CC(C)N(CC(N)=O)S(=O)(=O)Cc1cccc(C(F)F)c1. The number of hydrogen-bond acceptors (Lipinski definition) is 3. The molecule has 0 aliphatic rings. The van der Waals surface area contributed by atoms with E-state index in [4.69, 9.17) is 5.73 Å². The normalized spacial score (nSPS) is 12.3. The summed E-state index contributed by atoms with van der Waals surface area (Å²) in [6.07, 6.45) is -2.67. The van der Waals surface area contributed by atoms with Crippen molar-refractivity contribution in [3.63, 3.8) is 0 Å². The van der Waals surface area contributed by atoms with E-state index in [2.05, 4.69) is 0 Å². The Bertz CT molecular complexity index is 603. The highest BCUT2D eigenvalue weighted by molar-refractivity contribution is 7.88. The molecule has 0 fully saturated rings. The maximum atomic E-state index is 12.6. The quantitative estimate of drug-likeness (QED) is 0.829. The van der Waals surface area contributed by atoms with Crippen molar-refractivity contribution in [2.75, 3.05) is 6.54 Å². The van der Waals surface area contributed by atoms with E-state index in [1.807, 2.05) is 0 Å². The van der Waals surface area contributed by atoms with E-state index in [0.717, 1.165) is 10.4 Å². The van der Waals surface area contributed by atoms with Gasteiger partial charge in [-0.2, -0.15) is 4.31 Å². The first-order valence-corrected chi connectivity index (χ1v) is 7.89. The second kappa shape index (κ2) is 6.95. The molecule has 0 aromatic heterocycles. The summed E-state index contributed by atoms with van der Waals surface area (Å²) >= 11 is 0. The van der Waals surface area contributed by atoms with Crippen molar-refractivity contribution in [2.24, 2.45) is 5.73 Å². The molecule has 0 aliphatic heterocycles. The lowest BCUT2D eigenvalue weighted by Crippen LogP contribution is -2.43. The molecule has 0 atom stereocenters. The maximum Gasteiger partial charge on any atom is 0.263 e. The second-order valence-electron chi connectivity index (χ2n) is 4.91. The van der Waals surface area contributed by atoms with E-state index >= 15 is 0 Å². The van der Waals surface area contributed by atoms with Crippen molar-refractivity contribution < 1.29 is 22.0 Å². The molecule has 1 rings (SSSR count). The zero-order valence-electron chi connectivity index (χ0n) is 11.8. The Morgan fingerprint density at radius 2 is 1.95 bits per heavy atom. The Balaban J connectivity index is 3.02. The van der Waals surface area contributed by atoms with Gasteiger partial charge in [0.25, 0.3) is 6.43 Å². The van der Waals surface area contributed by atoms with Crippen LogP contribution in [0.25, 0.3) is 0 Å². The smallest absolute Gasteiger partial charge is 0.263 e. The number of hydrogen-bond donors (Lipinski definition) is 1. The van der Waals surface area contributed by atoms with Gasteiger partial charge in [-0.25, -0.2) is 17.2 Å². The molecule has 1 amide bonds. The third-order valence-electron chi connectivity index (χ3n) is 2.80. The molecule has 0 heterocycles. The number of amides is 1. The van der Waals surface area contributed by atoms with E-state index in [1.165, 1.54) is 18.2 Å². The van der Waals surface area contributed by atoms with Gasteiger partial charge in [-0.1, -0.05) is 18.2 Å². The molecule has 2 N–H and O–H groups in total. The van der Waals surface area contributed by atoms with Crippen molar-refractivity contribution in [1.82, 2.24) is 4.31 Å². The van der Waals surface area contributed by atoms with Gasteiger partial charge in [0.1, 0.15) is 0 Å². The Morgan fingerprint density at radius 1 is 1.33 bits per heavy atom. The second-order valence-corrected chi connectivity index (χ2v) is 6.83. The third kappa shape index (κ3) is 5.05. The van der Waals surface area contributed by atoms with Crippen molar-refractivity contribution in [3.05, 3.63) is 35.4 Å². The summed E-state index contributed by atoms with van der Waals surface area (Å²) in [4.78, 5) is 11.0. The lowest BCUT2D eigenvalue weighted by molar-refractivity contribution is -0.118. The van der Waals surface area contributed by atoms with Crippen LogP contribution >= 0.6 is 0 Å². The number of rotatable bonds is 7. The van der Waals surface area contributed by atoms with Crippen LogP contribution in [-0.2, 0) is 20.6 Å². The van der Waals surface area contributed by atoms with Crippen molar-refractivity contribution >= 4 is 15.9 Å². The van der Waals surface area contributed by atoms with Crippen LogP contribution in [0.3, 0.4) is 0 Å². The zero-order valence-corrected chi connectivity index (χ0v) is 12.6. The molecular formula is C13H18F2N2O3S. The van der Waals surface area contributed by atoms with Gasteiger partial charge in [-0.15, -0.1) is 0 Å². The molecule has 0 spiro atoms. The van der Waals surface area contributed by atoms with E-state index < -0.39 is 40.7 Å². The maximum absolute atomic E-state index is 12.6. The molecule has 0 bridgehead atoms. The van der Waals surface area contributed by atoms with Gasteiger partial charge in [0.05, 0.1) is 12.3 Å². The highest BCUT2D eigenvalue weighted by atomic mass is 32.2. The summed E-state index contributed by atoms with van der Waals surface area (Å²) in [5.41, 5.74) is 5.04. The predicted octanol–water partition coefficient (Wildman–Crippen LogP) is 1.65. The fraction of sp³-hybridized carbons (Fsp3) is 0.462. The third-order valence-corrected chi connectivity index (χ3v) is 4.76. The van der Waals surface area contributed by atoms with E-state index in [9.17, 15) is 22.0 Å². The lowest BCUT2D eigenvalue weighted by atomic mass is 10.1. The number of carbonyl (C=O) groups is 1. The number of sulfonamides is 1. The molecular weight excluding hydrogens is 302 g/mol. The van der Waals surface area contributed by atoms with Gasteiger partial charge < -0.3 is 5.73 Å². The molecule has 5 nitrogen and oxygen atoms in total. The molecule has 118 valence electrons. The fourth-order valence-electron chi connectivity index (χ4n) is 1.87. The number of benzene rings is 1. The fourth-order valence-corrected chi connectivity index (χ4v) is 3.60. The van der Waals surface area contributed by atoms with E-state index in [0.29, 0.717) is 0 Å². The van der Waals surface area contributed by atoms with E-state index in [1.54, 1.807) is 13.8 Å². The minimum Gasteiger partial charge on any atom is -0.369 e. The first-order chi connectivity index (χ1) is 9.63. The molecule has 1 aromatic rings. The van der Waals surface area contributed by atoms with Gasteiger partial charge in [-0.3, -0.25) is 4.79 Å². The van der Waals surface area contributed by atoms with Crippen LogP contribution in [0, 0.1) is 0 Å². The summed E-state index contributed by atoms with van der Waals surface area (Å²) in [5.74, 6) is -1.23. The number of carbonyl (C=O) groups excluding carboxylic acids is 1. The van der Waals surface area contributed by atoms with Crippen molar-refractivity contribution in [3.8, 4) is 0 Å². The van der Waals surface area contributed by atoms with Crippen LogP contribution in [-0.4, -0.2) is 31.2 Å². The van der Waals surface area contributed by atoms with Crippen LogP contribution in [0.15, 0.2) is 24.3 Å². The standard InChI is InChI=1S/C13H18F2N2O3S/c1-9(2)17(7-12(16)18)21(19,20)8-10-4-3-5-11(6-10)13(14)15/h3-6,9,13H,7-8H2,1-2H3,(H2,16,18). The van der Waals surface area contributed by atoms with Crippen LogP contribution in [0.1, 0.15) is 31.4 Å². The van der Waals surface area contributed by atoms with Crippen LogP contribution < -0.4 is 5.73 Å². The van der Waals surface area contributed by atoms with Crippen molar-refractivity contribution in [1.29, 1.82) is 0 Å². The Hall–Kier alpha value is -1.54. The molecule has 21 heavy (non-hydrogen) atoms. The largest absolute Gasteiger partial charge is 0.369 e. The van der Waals surface area contributed by atoms with Gasteiger partial charge >= 0.3 is 0 Å². The first-order valence-electron chi connectivity index (χ1n) is 6.28. The molecule has 0 saturated heterocycles. The summed E-state index contributed by atoms with van der Waals surface area (Å²) in [6, 6.07) is 4.74. The zero-order chi connectivity index (χ0) is 16.2. The lowest BCUT2D eigenvalue weighted by Gasteiger charge is -2.24. The highest BCUT2D eigenvalue weighted by Crippen LogP contribution is 2.21. The number of nitrogens with two attached hydrogens (primary N) is 1. The first kappa shape index (κ1) is 17.5. The van der Waals surface area contributed by atoms with Gasteiger partial charge in [-0.05, 0) is 25.5 Å². The Labute approximate surface area is 122 Å². The van der Waals surface area contributed by atoms with Crippen LogP contribution in [0.2, 0.25) is 0 Å². The number of nitrogens with zero attached hydrogens (tertiary/aromatic N) is 1. The highest BCUT2D eigenvalue weighted by Gasteiger charge is 2.27. The molecule has 0 unspecified atom stereocenters. The average molecular weight is 320 g/mol. The van der Waals surface area contributed by atoms with Gasteiger partial charge in [0.2, 0.25) is 15.9 Å². The average Bonchev–Trinajstić information content (AvgIpc) is 2.35. The summed E-state index contributed by atoms with van der Waals surface area (Å²) in [5, 5.41) is 0. The number of primary amides is 1. The minimum atomic E-state index is -3.82. The molecule has 0 aliphatic carbocycles. The predicted molar refractivity (Wildman–Crippen MR) is 75.1 cm³/mol.